The van der Waals surface area contributed by atoms with E-state index in [0.29, 0.717) is 15.1 Å². The molecule has 0 heterocycles. The van der Waals surface area contributed by atoms with Crippen LogP contribution >= 0.6 is 27.5 Å². The summed E-state index contributed by atoms with van der Waals surface area (Å²) in [5, 5.41) is 0.502. The van der Waals surface area contributed by atoms with Crippen LogP contribution in [0.4, 0.5) is 4.39 Å². The van der Waals surface area contributed by atoms with Crippen LogP contribution in [0.1, 0.15) is 44.2 Å². The number of rotatable bonds is 5. The summed E-state index contributed by atoms with van der Waals surface area (Å²) in [6.45, 7) is 2.13. The first-order valence-electron chi connectivity index (χ1n) is 5.46. The van der Waals surface area contributed by atoms with Crippen molar-refractivity contribution < 1.29 is 4.39 Å². The van der Waals surface area contributed by atoms with E-state index in [2.05, 4.69) is 22.9 Å². The number of benzene rings is 1. The topological polar surface area (TPSA) is 26.0 Å². The molecule has 1 unspecified atom stereocenters. The Morgan fingerprint density at radius 3 is 2.75 bits per heavy atom. The Bertz CT molecular complexity index is 357. The minimum Gasteiger partial charge on any atom is -0.324 e. The first kappa shape index (κ1) is 13.9. The van der Waals surface area contributed by atoms with Crippen molar-refractivity contribution in [1.29, 1.82) is 0 Å². The van der Waals surface area contributed by atoms with Crippen molar-refractivity contribution in [3.63, 3.8) is 0 Å². The van der Waals surface area contributed by atoms with Crippen LogP contribution < -0.4 is 5.73 Å². The van der Waals surface area contributed by atoms with Gasteiger partial charge in [0.25, 0.3) is 0 Å². The van der Waals surface area contributed by atoms with E-state index in [1.165, 1.54) is 6.07 Å². The normalized spacial score (nSPS) is 12.8. The summed E-state index contributed by atoms with van der Waals surface area (Å²) < 4.78 is 14.2. The summed E-state index contributed by atoms with van der Waals surface area (Å²) in [5.74, 6) is -0.291. The lowest BCUT2D eigenvalue weighted by Gasteiger charge is -2.13. The molecule has 90 valence electrons. The molecular formula is C12H16BrClFN. The first-order chi connectivity index (χ1) is 7.56. The molecule has 0 aliphatic rings. The molecule has 0 radical (unpaired) electrons. The zero-order valence-electron chi connectivity index (χ0n) is 9.27. The molecule has 0 aliphatic heterocycles. The standard InChI is InChI=1S/C12H16BrClFN/c1-2-3-4-5-12(16)8-6-10(14)9(13)7-11(8)15/h6-7,12H,2-5,16H2,1H3. The maximum atomic E-state index is 13.6. The third-order valence-electron chi connectivity index (χ3n) is 2.56. The highest BCUT2D eigenvalue weighted by atomic mass is 79.9. The lowest BCUT2D eigenvalue weighted by Crippen LogP contribution is -2.12. The lowest BCUT2D eigenvalue weighted by atomic mass is 10.0. The van der Waals surface area contributed by atoms with Crippen molar-refractivity contribution in [1.82, 2.24) is 0 Å². The molecule has 1 aromatic carbocycles. The summed E-state index contributed by atoms with van der Waals surface area (Å²) in [5.41, 5.74) is 6.45. The van der Waals surface area contributed by atoms with Crippen LogP contribution in [-0.4, -0.2) is 0 Å². The van der Waals surface area contributed by atoms with Gasteiger partial charge in [0.05, 0.1) is 5.02 Å². The molecule has 0 aliphatic carbocycles. The average molecular weight is 309 g/mol. The predicted molar refractivity (Wildman–Crippen MR) is 70.2 cm³/mol. The molecule has 1 atom stereocenters. The van der Waals surface area contributed by atoms with Crippen LogP contribution in [0.5, 0.6) is 0 Å². The van der Waals surface area contributed by atoms with Gasteiger partial charge in [0.1, 0.15) is 5.82 Å². The Balaban J connectivity index is 2.75. The molecule has 0 amide bonds. The molecule has 0 saturated heterocycles. The van der Waals surface area contributed by atoms with Gasteiger partial charge in [0.2, 0.25) is 0 Å². The number of nitrogens with two attached hydrogens (primary N) is 1. The van der Waals surface area contributed by atoms with Gasteiger partial charge in [-0.3, -0.25) is 0 Å². The Kier molecular flexibility index (Phi) is 5.73. The first-order valence-corrected chi connectivity index (χ1v) is 6.63. The summed E-state index contributed by atoms with van der Waals surface area (Å²) >= 11 is 9.10. The maximum Gasteiger partial charge on any atom is 0.129 e. The highest BCUT2D eigenvalue weighted by Gasteiger charge is 2.13. The summed E-state index contributed by atoms with van der Waals surface area (Å²) in [7, 11) is 0. The molecule has 0 bridgehead atoms. The van der Waals surface area contributed by atoms with Crippen molar-refractivity contribution in [2.24, 2.45) is 5.73 Å². The van der Waals surface area contributed by atoms with Crippen LogP contribution in [-0.2, 0) is 0 Å². The second-order valence-corrected chi connectivity index (χ2v) is 5.15. The van der Waals surface area contributed by atoms with Gasteiger partial charge >= 0.3 is 0 Å². The zero-order chi connectivity index (χ0) is 12.1. The Hall–Kier alpha value is -0.120. The Morgan fingerprint density at radius 2 is 2.12 bits per heavy atom. The van der Waals surface area contributed by atoms with E-state index in [9.17, 15) is 4.39 Å². The van der Waals surface area contributed by atoms with E-state index in [4.69, 9.17) is 17.3 Å². The average Bonchev–Trinajstić information content (AvgIpc) is 2.23. The summed E-state index contributed by atoms with van der Waals surface area (Å²) in [6, 6.07) is 2.71. The summed E-state index contributed by atoms with van der Waals surface area (Å²) in [4.78, 5) is 0. The molecule has 1 nitrogen and oxygen atoms in total. The zero-order valence-corrected chi connectivity index (χ0v) is 11.6. The molecule has 1 rings (SSSR count). The van der Waals surface area contributed by atoms with Crippen LogP contribution in [0.2, 0.25) is 5.02 Å². The summed E-state index contributed by atoms with van der Waals surface area (Å²) in [6.07, 6.45) is 4.07. The van der Waals surface area contributed by atoms with Crippen LogP contribution in [0.3, 0.4) is 0 Å². The fourth-order valence-corrected chi connectivity index (χ4v) is 2.08. The molecule has 2 N–H and O–H groups in total. The van der Waals surface area contributed by atoms with Crippen molar-refractivity contribution in [2.45, 2.75) is 38.6 Å². The van der Waals surface area contributed by atoms with E-state index in [0.717, 1.165) is 25.7 Å². The van der Waals surface area contributed by atoms with E-state index >= 15 is 0 Å². The largest absolute Gasteiger partial charge is 0.324 e. The number of halogens is 3. The van der Waals surface area contributed by atoms with E-state index < -0.39 is 0 Å². The minimum atomic E-state index is -0.291. The van der Waals surface area contributed by atoms with Gasteiger partial charge in [0, 0.05) is 16.1 Å². The number of unbranched alkanes of at least 4 members (excludes halogenated alkanes) is 2. The van der Waals surface area contributed by atoms with Crippen molar-refractivity contribution in [3.8, 4) is 0 Å². The van der Waals surface area contributed by atoms with E-state index in [1.54, 1.807) is 6.07 Å². The second-order valence-electron chi connectivity index (χ2n) is 3.89. The van der Waals surface area contributed by atoms with Crippen LogP contribution in [0, 0.1) is 5.82 Å². The van der Waals surface area contributed by atoms with Crippen molar-refractivity contribution in [3.05, 3.63) is 33.0 Å². The molecular weight excluding hydrogens is 292 g/mol. The van der Waals surface area contributed by atoms with Gasteiger partial charge in [-0.2, -0.15) is 0 Å². The molecule has 4 heteroatoms. The van der Waals surface area contributed by atoms with Crippen LogP contribution in [0.15, 0.2) is 16.6 Å². The smallest absolute Gasteiger partial charge is 0.129 e. The second kappa shape index (κ2) is 6.58. The Morgan fingerprint density at radius 1 is 1.44 bits per heavy atom. The Labute approximate surface area is 109 Å². The fraction of sp³-hybridized carbons (Fsp3) is 0.500. The minimum absolute atomic E-state index is 0.267. The highest BCUT2D eigenvalue weighted by Crippen LogP contribution is 2.29. The molecule has 0 saturated carbocycles. The van der Waals surface area contributed by atoms with Gasteiger partial charge in [-0.25, -0.2) is 4.39 Å². The van der Waals surface area contributed by atoms with Gasteiger partial charge in [-0.05, 0) is 34.5 Å². The lowest BCUT2D eigenvalue weighted by molar-refractivity contribution is 0.538. The molecule has 0 fully saturated rings. The highest BCUT2D eigenvalue weighted by molar-refractivity contribution is 9.10. The number of hydrogen-bond acceptors (Lipinski definition) is 1. The van der Waals surface area contributed by atoms with Crippen molar-refractivity contribution >= 4 is 27.5 Å². The van der Waals surface area contributed by atoms with Gasteiger partial charge in [-0.15, -0.1) is 0 Å². The van der Waals surface area contributed by atoms with Gasteiger partial charge in [-0.1, -0.05) is 37.8 Å². The monoisotopic (exact) mass is 307 g/mol. The third-order valence-corrected chi connectivity index (χ3v) is 3.75. The predicted octanol–water partition coefficient (Wildman–Crippen LogP) is 4.82. The number of hydrogen-bond donors (Lipinski definition) is 1. The molecule has 1 aromatic rings. The maximum absolute atomic E-state index is 13.6. The molecule has 16 heavy (non-hydrogen) atoms. The third kappa shape index (κ3) is 3.72. The molecule has 0 spiro atoms. The quantitative estimate of drug-likeness (QED) is 0.612. The van der Waals surface area contributed by atoms with Gasteiger partial charge < -0.3 is 5.73 Å². The van der Waals surface area contributed by atoms with Crippen LogP contribution in [0.25, 0.3) is 0 Å². The SMILES string of the molecule is CCCCCC(N)c1cc(Cl)c(Br)cc1F. The van der Waals surface area contributed by atoms with Gasteiger partial charge in [0.15, 0.2) is 0 Å². The fourth-order valence-electron chi connectivity index (χ4n) is 1.59. The molecule has 0 aromatic heterocycles. The van der Waals surface area contributed by atoms with Crippen molar-refractivity contribution in [2.75, 3.05) is 0 Å². The van der Waals surface area contributed by atoms with E-state index in [1.807, 2.05) is 0 Å². The van der Waals surface area contributed by atoms with E-state index in [-0.39, 0.29) is 11.9 Å².